The first-order valence-electron chi connectivity index (χ1n) is 44.3. The molecule has 10 N–H and O–H groups in total. The van der Waals surface area contributed by atoms with Crippen LogP contribution in [0.4, 0.5) is 4.79 Å². The van der Waals surface area contributed by atoms with Crippen molar-refractivity contribution in [2.75, 3.05) is 65.9 Å². The lowest BCUT2D eigenvalue weighted by molar-refractivity contribution is -0.131. The molecule has 8 atom stereocenters. The van der Waals surface area contributed by atoms with Gasteiger partial charge in [-0.05, 0) is 51.4 Å². The van der Waals surface area contributed by atoms with E-state index < -0.39 is 84.2 Å². The van der Waals surface area contributed by atoms with Gasteiger partial charge < -0.3 is 61.4 Å². The second-order valence-corrected chi connectivity index (χ2v) is 33.5. The van der Waals surface area contributed by atoms with Crippen LogP contribution >= 0.6 is 15.6 Å². The Morgan fingerprint density at radius 1 is 0.287 bits per heavy atom. The van der Waals surface area contributed by atoms with Crippen LogP contribution in [0.2, 0.25) is 0 Å². The average molecular weight is 1580 g/mol. The quantitative estimate of drug-likeness (QED) is 0.0200. The maximum absolute atomic E-state index is 13.4. The molecule has 0 aliphatic carbocycles. The summed E-state index contributed by atoms with van der Waals surface area (Å²) in [6, 6.07) is -2.92. The lowest BCUT2D eigenvalue weighted by atomic mass is 10.0. The molecule has 640 valence electrons. The van der Waals surface area contributed by atoms with Gasteiger partial charge in [0, 0.05) is 51.2 Å². The topological polar surface area (TPSA) is 328 Å². The fourth-order valence-corrected chi connectivity index (χ4v) is 14.7. The number of phosphoric ester groups is 2. The summed E-state index contributed by atoms with van der Waals surface area (Å²) < 4.78 is 59.6. The zero-order valence-corrected chi connectivity index (χ0v) is 71.4. The van der Waals surface area contributed by atoms with Crippen LogP contribution in [0.25, 0.3) is 0 Å². The summed E-state index contributed by atoms with van der Waals surface area (Å²) in [6.07, 6.45) is 55.3. The molecule has 0 spiro atoms. The smallest absolute Gasteiger partial charge is 0.383 e. The molecule has 0 aromatic carbocycles. The molecule has 23 nitrogen and oxygen atoms in total. The predicted molar refractivity (Wildman–Crippen MR) is 439 cm³/mol. The summed E-state index contributed by atoms with van der Waals surface area (Å²) in [5.74, 6) is -1.28. The van der Waals surface area contributed by atoms with Crippen LogP contribution in [0.3, 0.4) is 0 Å². The number of phosphoric acid groups is 2. The molecule has 0 aromatic heterocycles. The van der Waals surface area contributed by atoms with Crippen LogP contribution in [0.15, 0.2) is 0 Å². The molecule has 0 rings (SSSR count). The first kappa shape index (κ1) is 105. The summed E-state index contributed by atoms with van der Waals surface area (Å²) in [6.45, 7) is 10.9. The number of aliphatic hydroxyl groups excluding tert-OH is 2. The largest absolute Gasteiger partial charge is 0.472 e. The number of carbonyl (C=O) groups is 5. The highest BCUT2D eigenvalue weighted by molar-refractivity contribution is 7.47. The van der Waals surface area contributed by atoms with E-state index in [1.807, 2.05) is 0 Å². The Labute approximate surface area is 658 Å². The number of amides is 6. The van der Waals surface area contributed by atoms with E-state index in [1.54, 1.807) is 0 Å². The molecule has 0 radical (unpaired) electrons. The number of hydrogen-bond donors (Lipinski definition) is 10. The summed E-state index contributed by atoms with van der Waals surface area (Å²) in [7, 11) is -9.57. The van der Waals surface area contributed by atoms with Crippen molar-refractivity contribution in [1.82, 2.24) is 31.9 Å². The Kier molecular flexibility index (Phi) is 74.8. The zero-order valence-electron chi connectivity index (χ0n) is 69.6. The van der Waals surface area contributed by atoms with Gasteiger partial charge in [-0.3, -0.25) is 37.3 Å². The first-order valence-corrected chi connectivity index (χ1v) is 47.3. The molecular weight excluding hydrogens is 1410 g/mol. The minimum Gasteiger partial charge on any atom is -0.383 e. The minimum absolute atomic E-state index is 0.0238. The van der Waals surface area contributed by atoms with E-state index in [1.165, 1.54) is 154 Å². The maximum Gasteiger partial charge on any atom is 0.472 e. The van der Waals surface area contributed by atoms with Crippen LogP contribution in [0, 0.1) is 0 Å². The Bertz CT molecular complexity index is 2040. The van der Waals surface area contributed by atoms with E-state index in [0.717, 1.165) is 154 Å². The molecule has 108 heavy (non-hydrogen) atoms. The normalized spacial score (nSPS) is 14.5. The van der Waals surface area contributed by atoms with Gasteiger partial charge >= 0.3 is 21.7 Å². The SMILES string of the molecule is CCCCCCCCCCCCC(O)C(=O)N[C@H](COCC[C@@H](CCCCCCC)NC(=O)CCCCCCCCCCC)COP(=O)(O)OCCNC(=O)NCCOP(=O)(O)OC[C@@H](COCC[C@@H](CCCCCCC)NC(=O)CCCCCCCCCCC)NC(=O)C(O)CCCCCCCCCCCC. The van der Waals surface area contributed by atoms with Gasteiger partial charge in [-0.15, -0.1) is 0 Å². The molecule has 0 aliphatic heterocycles. The third kappa shape index (κ3) is 71.0. The molecule has 0 saturated heterocycles. The predicted octanol–water partition coefficient (Wildman–Crippen LogP) is 19.2. The maximum atomic E-state index is 13.4. The second kappa shape index (κ2) is 76.8. The monoisotopic (exact) mass is 1580 g/mol. The average Bonchev–Trinajstić information content (AvgIpc) is 0.901. The van der Waals surface area contributed by atoms with Crippen LogP contribution in [0.1, 0.15) is 401 Å². The van der Waals surface area contributed by atoms with Crippen LogP contribution < -0.4 is 31.9 Å². The van der Waals surface area contributed by atoms with Crippen molar-refractivity contribution in [2.45, 2.75) is 437 Å². The summed E-state index contributed by atoms with van der Waals surface area (Å²) in [5, 5.41) is 38.7. The summed E-state index contributed by atoms with van der Waals surface area (Å²) in [4.78, 5) is 87.3. The van der Waals surface area contributed by atoms with Gasteiger partial charge in [-0.1, -0.05) is 337 Å². The minimum atomic E-state index is -4.78. The number of aliphatic hydroxyl groups is 2. The Morgan fingerprint density at radius 2 is 0.537 bits per heavy atom. The molecule has 0 aromatic rings. The fourth-order valence-electron chi connectivity index (χ4n) is 13.2. The van der Waals surface area contributed by atoms with Crippen LogP contribution in [-0.4, -0.2) is 152 Å². The third-order valence-electron chi connectivity index (χ3n) is 20.0. The second-order valence-electron chi connectivity index (χ2n) is 30.6. The van der Waals surface area contributed by atoms with E-state index in [0.29, 0.717) is 38.5 Å². The molecule has 0 saturated carbocycles. The molecule has 0 aliphatic rings. The van der Waals surface area contributed by atoms with E-state index in [4.69, 9.17) is 27.6 Å². The first-order chi connectivity index (χ1) is 52.3. The highest BCUT2D eigenvalue weighted by Gasteiger charge is 2.29. The fraction of sp³-hybridized carbons (Fsp3) is 0.940. The number of ether oxygens (including phenoxy) is 2. The van der Waals surface area contributed by atoms with Gasteiger partial charge in [-0.2, -0.15) is 0 Å². The van der Waals surface area contributed by atoms with Gasteiger partial charge in [0.25, 0.3) is 0 Å². The van der Waals surface area contributed by atoms with E-state index in [2.05, 4.69) is 73.4 Å². The van der Waals surface area contributed by atoms with E-state index in [-0.39, 0.29) is 76.3 Å². The van der Waals surface area contributed by atoms with Crippen LogP contribution in [-0.2, 0) is 55.9 Å². The van der Waals surface area contributed by atoms with Crippen LogP contribution in [0.5, 0.6) is 0 Å². The molecule has 6 amide bonds. The molecule has 25 heteroatoms. The number of hydrogen-bond acceptors (Lipinski definition) is 15. The van der Waals surface area contributed by atoms with E-state index >= 15 is 0 Å². The summed E-state index contributed by atoms with van der Waals surface area (Å²) >= 11 is 0. The third-order valence-corrected chi connectivity index (χ3v) is 22.0. The molecular formula is C83H166N6O17P2. The molecule has 0 heterocycles. The lowest BCUT2D eigenvalue weighted by Gasteiger charge is -2.23. The van der Waals surface area contributed by atoms with Crippen molar-refractivity contribution in [1.29, 1.82) is 0 Å². The van der Waals surface area contributed by atoms with Gasteiger partial charge in [0.05, 0.1) is 51.7 Å². The standard InChI is InChI=1S/C83H166N6O17P2/c1-7-13-19-25-29-33-37-39-45-51-57-77(90)81(94)88-75(69-101-65-61-73(55-49-43-23-17-11-5)86-79(92)59-53-47-41-35-31-27-21-15-9-3)71-105-107(97,98)103-67-63-84-83(96)85-64-68-104-108(99,100)106-72-76(89-82(95)78(91)58-52-46-40-38-34-30-26-20-14-8-2)70-102-66-62-74(56-50-44-24-18-12-6)87-80(93)60-54-48-42-36-32-28-22-16-10-4/h73-78,90-91H,7-72H2,1-6H3,(H,86,92)(H,87,93)(H,88,94)(H,89,95)(H,97,98)(H,99,100)(H2,84,85,96)/t73-,74-,75-,76-,77?,78?/m1/s1. The highest BCUT2D eigenvalue weighted by Crippen LogP contribution is 2.44. The van der Waals surface area contributed by atoms with E-state index in [9.17, 15) is 53.1 Å². The number of carbonyl (C=O) groups excluding carboxylic acids is 5. The Hall–Kier alpha value is -2.79. The zero-order chi connectivity index (χ0) is 79.5. The van der Waals surface area contributed by atoms with Crippen molar-refractivity contribution in [2.24, 2.45) is 0 Å². The molecule has 4 unspecified atom stereocenters. The van der Waals surface area contributed by atoms with Crippen molar-refractivity contribution < 1.29 is 80.7 Å². The number of urea groups is 1. The molecule has 0 bridgehead atoms. The van der Waals surface area contributed by atoms with Gasteiger partial charge in [0.2, 0.25) is 23.6 Å². The van der Waals surface area contributed by atoms with Crippen molar-refractivity contribution in [3.05, 3.63) is 0 Å². The van der Waals surface area contributed by atoms with Gasteiger partial charge in [-0.25, -0.2) is 13.9 Å². The lowest BCUT2D eigenvalue weighted by Crippen LogP contribution is -2.46. The van der Waals surface area contributed by atoms with Crippen molar-refractivity contribution in [3.63, 3.8) is 0 Å². The number of rotatable bonds is 84. The number of nitrogens with one attached hydrogen (secondary N) is 6. The van der Waals surface area contributed by atoms with Gasteiger partial charge in [0.1, 0.15) is 12.2 Å². The molecule has 0 fully saturated rings. The highest BCUT2D eigenvalue weighted by atomic mass is 31.2. The van der Waals surface area contributed by atoms with Crippen molar-refractivity contribution >= 4 is 45.3 Å². The Morgan fingerprint density at radius 3 is 0.815 bits per heavy atom. The summed E-state index contributed by atoms with van der Waals surface area (Å²) in [5.41, 5.74) is 0. The number of unbranched alkanes of at least 4 members (excludes halogenated alkanes) is 42. The van der Waals surface area contributed by atoms with Crippen molar-refractivity contribution in [3.8, 4) is 0 Å². The van der Waals surface area contributed by atoms with Gasteiger partial charge in [0.15, 0.2) is 0 Å². The Balaban J connectivity index is 5.69.